The van der Waals surface area contributed by atoms with E-state index in [0.29, 0.717) is 11.6 Å². The maximum absolute atomic E-state index is 11.6. The van der Waals surface area contributed by atoms with Crippen LogP contribution in [0.2, 0.25) is 0 Å². The normalized spacial score (nSPS) is 13.3. The first kappa shape index (κ1) is 12.4. The van der Waals surface area contributed by atoms with Crippen LogP contribution in [0.4, 0.5) is 0 Å². The molecule has 1 aromatic heterocycles. The molecule has 1 N–H and O–H groups in total. The second-order valence-corrected chi connectivity index (χ2v) is 3.72. The molecule has 1 atom stereocenters. The van der Waals surface area contributed by atoms with Gasteiger partial charge in [-0.25, -0.2) is 5.43 Å². The van der Waals surface area contributed by atoms with Crippen molar-refractivity contribution in [1.29, 1.82) is 0 Å². The number of hydrazone groups is 1. The van der Waals surface area contributed by atoms with E-state index in [-0.39, 0.29) is 5.91 Å². The number of pyridine rings is 1. The maximum atomic E-state index is 11.6. The van der Waals surface area contributed by atoms with Gasteiger partial charge in [-0.1, -0.05) is 19.9 Å². The average Bonchev–Trinajstić information content (AvgIpc) is 2.35. The second kappa shape index (κ2) is 6.00. The monoisotopic (exact) mass is 219 g/mol. The highest BCUT2D eigenvalue weighted by atomic mass is 16.2. The van der Waals surface area contributed by atoms with Crippen molar-refractivity contribution in [3.05, 3.63) is 30.1 Å². The zero-order valence-electron chi connectivity index (χ0n) is 9.90. The van der Waals surface area contributed by atoms with Crippen LogP contribution in [0.3, 0.4) is 0 Å². The summed E-state index contributed by atoms with van der Waals surface area (Å²) in [4.78, 5) is 15.5. The van der Waals surface area contributed by atoms with E-state index in [1.54, 1.807) is 24.4 Å². The number of aromatic nitrogens is 1. The molecule has 0 unspecified atom stereocenters. The lowest BCUT2D eigenvalue weighted by Gasteiger charge is -2.07. The van der Waals surface area contributed by atoms with E-state index < -0.39 is 0 Å². The van der Waals surface area contributed by atoms with Gasteiger partial charge in [0.05, 0.1) is 0 Å². The maximum Gasteiger partial charge on any atom is 0.289 e. The topological polar surface area (TPSA) is 54.4 Å². The van der Waals surface area contributed by atoms with Crippen LogP contribution in [0.5, 0.6) is 0 Å². The minimum absolute atomic E-state index is 0.275. The molecule has 0 aliphatic carbocycles. The van der Waals surface area contributed by atoms with Gasteiger partial charge in [-0.05, 0) is 31.4 Å². The van der Waals surface area contributed by atoms with Crippen LogP contribution in [0.15, 0.2) is 29.5 Å². The van der Waals surface area contributed by atoms with Crippen LogP contribution in [-0.2, 0) is 0 Å². The minimum atomic E-state index is -0.275. The lowest BCUT2D eigenvalue weighted by atomic mass is 10.1. The summed E-state index contributed by atoms with van der Waals surface area (Å²) >= 11 is 0. The highest BCUT2D eigenvalue weighted by Gasteiger charge is 2.06. The van der Waals surface area contributed by atoms with Crippen molar-refractivity contribution >= 4 is 11.6 Å². The van der Waals surface area contributed by atoms with Crippen LogP contribution < -0.4 is 5.43 Å². The summed E-state index contributed by atoms with van der Waals surface area (Å²) in [6.07, 6.45) is 2.59. The summed E-state index contributed by atoms with van der Waals surface area (Å²) in [5.41, 5.74) is 3.80. The van der Waals surface area contributed by atoms with E-state index in [0.717, 1.165) is 12.1 Å². The predicted molar refractivity (Wildman–Crippen MR) is 64.3 cm³/mol. The molecule has 86 valence electrons. The first-order valence-electron chi connectivity index (χ1n) is 5.40. The first-order chi connectivity index (χ1) is 7.65. The molecular formula is C12H17N3O. The summed E-state index contributed by atoms with van der Waals surface area (Å²) in [6, 6.07) is 5.20. The molecule has 0 spiro atoms. The number of nitrogens with zero attached hydrogens (tertiary/aromatic N) is 2. The van der Waals surface area contributed by atoms with Gasteiger partial charge in [-0.2, -0.15) is 5.10 Å². The molecular weight excluding hydrogens is 202 g/mol. The van der Waals surface area contributed by atoms with Crippen molar-refractivity contribution in [2.75, 3.05) is 0 Å². The third kappa shape index (κ3) is 3.46. The molecule has 4 heteroatoms. The molecule has 0 aliphatic rings. The molecule has 0 aliphatic heterocycles. The van der Waals surface area contributed by atoms with Gasteiger partial charge in [0, 0.05) is 11.9 Å². The number of carbonyl (C=O) groups is 1. The van der Waals surface area contributed by atoms with E-state index in [2.05, 4.69) is 29.4 Å². The van der Waals surface area contributed by atoms with E-state index in [9.17, 15) is 4.79 Å². The summed E-state index contributed by atoms with van der Waals surface area (Å²) in [5, 5.41) is 4.05. The highest BCUT2D eigenvalue weighted by molar-refractivity contribution is 5.93. The van der Waals surface area contributed by atoms with Gasteiger partial charge in [-0.15, -0.1) is 0 Å². The summed E-state index contributed by atoms with van der Waals surface area (Å²) < 4.78 is 0. The van der Waals surface area contributed by atoms with E-state index in [4.69, 9.17) is 0 Å². The lowest BCUT2D eigenvalue weighted by Crippen LogP contribution is -2.21. The third-order valence-corrected chi connectivity index (χ3v) is 2.56. The Hall–Kier alpha value is -1.71. The van der Waals surface area contributed by atoms with Crippen molar-refractivity contribution in [3.8, 4) is 0 Å². The fourth-order valence-corrected chi connectivity index (χ4v) is 1.10. The van der Waals surface area contributed by atoms with E-state index >= 15 is 0 Å². The molecule has 1 rings (SSSR count). The summed E-state index contributed by atoms with van der Waals surface area (Å²) in [5.74, 6) is 0.104. The van der Waals surface area contributed by atoms with E-state index in [1.165, 1.54) is 0 Å². The molecule has 1 amide bonds. The summed E-state index contributed by atoms with van der Waals surface area (Å²) in [6.45, 7) is 6.07. The Bertz CT molecular complexity index is 373. The predicted octanol–water partition coefficient (Wildman–Crippen LogP) is 2.23. The molecule has 0 fully saturated rings. The van der Waals surface area contributed by atoms with Gasteiger partial charge in [0.2, 0.25) is 0 Å². The minimum Gasteiger partial charge on any atom is -0.266 e. The number of hydrogen-bond acceptors (Lipinski definition) is 3. The first-order valence-corrected chi connectivity index (χ1v) is 5.40. The molecule has 1 heterocycles. The fourth-order valence-electron chi connectivity index (χ4n) is 1.10. The molecule has 0 aromatic carbocycles. The largest absolute Gasteiger partial charge is 0.289 e. The zero-order valence-corrected chi connectivity index (χ0v) is 9.90. The lowest BCUT2D eigenvalue weighted by molar-refractivity contribution is 0.0949. The zero-order chi connectivity index (χ0) is 12.0. The van der Waals surface area contributed by atoms with Gasteiger partial charge < -0.3 is 0 Å². The van der Waals surface area contributed by atoms with Gasteiger partial charge in [0.1, 0.15) is 5.69 Å². The van der Waals surface area contributed by atoms with Crippen LogP contribution >= 0.6 is 0 Å². The quantitative estimate of drug-likeness (QED) is 0.623. The molecule has 0 bridgehead atoms. The van der Waals surface area contributed by atoms with Crippen molar-refractivity contribution in [3.63, 3.8) is 0 Å². The number of carbonyl (C=O) groups excluding carboxylic acids is 1. The van der Waals surface area contributed by atoms with Gasteiger partial charge >= 0.3 is 0 Å². The molecule has 0 saturated carbocycles. The standard InChI is InChI=1S/C12H17N3O/c1-4-9(2)10(3)14-15-12(16)11-7-5-6-8-13-11/h5-9H,4H2,1-3H3,(H,15,16)/b14-10-/t9-/m0/s1. The van der Waals surface area contributed by atoms with Crippen LogP contribution in [0.1, 0.15) is 37.7 Å². The Morgan fingerprint density at radius 3 is 2.88 bits per heavy atom. The fraction of sp³-hybridized carbons (Fsp3) is 0.417. The molecule has 4 nitrogen and oxygen atoms in total. The van der Waals surface area contributed by atoms with Gasteiger partial charge in [0.25, 0.3) is 5.91 Å². The Morgan fingerprint density at radius 2 is 2.31 bits per heavy atom. The smallest absolute Gasteiger partial charge is 0.266 e. The van der Waals surface area contributed by atoms with Crippen molar-refractivity contribution < 1.29 is 4.79 Å². The SMILES string of the molecule is CC[C@H](C)/C(C)=N\NC(=O)c1ccccn1. The second-order valence-electron chi connectivity index (χ2n) is 3.72. The van der Waals surface area contributed by atoms with Crippen LogP contribution in [0.25, 0.3) is 0 Å². The van der Waals surface area contributed by atoms with Crippen molar-refractivity contribution in [2.45, 2.75) is 27.2 Å². The van der Waals surface area contributed by atoms with Crippen LogP contribution in [0, 0.1) is 5.92 Å². The molecule has 0 saturated heterocycles. The Kier molecular flexibility index (Phi) is 4.64. The Morgan fingerprint density at radius 1 is 1.56 bits per heavy atom. The van der Waals surface area contributed by atoms with E-state index in [1.807, 2.05) is 6.92 Å². The van der Waals surface area contributed by atoms with Gasteiger partial charge in [-0.3, -0.25) is 9.78 Å². The van der Waals surface area contributed by atoms with Crippen molar-refractivity contribution in [1.82, 2.24) is 10.4 Å². The van der Waals surface area contributed by atoms with Crippen molar-refractivity contribution in [2.24, 2.45) is 11.0 Å². The molecule has 1 aromatic rings. The third-order valence-electron chi connectivity index (χ3n) is 2.56. The highest BCUT2D eigenvalue weighted by Crippen LogP contribution is 2.02. The summed E-state index contributed by atoms with van der Waals surface area (Å²) in [7, 11) is 0. The number of amides is 1. The number of nitrogens with one attached hydrogen (secondary N) is 1. The van der Waals surface area contributed by atoms with Gasteiger partial charge in [0.15, 0.2) is 0 Å². The Balaban J connectivity index is 2.60. The number of hydrogen-bond donors (Lipinski definition) is 1. The number of rotatable bonds is 4. The molecule has 16 heavy (non-hydrogen) atoms. The van der Waals surface area contributed by atoms with Crippen LogP contribution in [-0.4, -0.2) is 16.6 Å². The average molecular weight is 219 g/mol. The molecule has 0 radical (unpaired) electrons. The Labute approximate surface area is 95.8 Å².